The van der Waals surface area contributed by atoms with E-state index in [1.54, 1.807) is 17.7 Å². The van der Waals surface area contributed by atoms with Gasteiger partial charge >= 0.3 is 0 Å². The SMILES string of the molecule is Cc1ncc2n1C=CN(C(=O)c1ccc([N+](=O)[O-])cc1)C2O. The second-order valence-electron chi connectivity index (χ2n) is 4.79. The number of hydrogen-bond acceptors (Lipinski definition) is 5. The topological polar surface area (TPSA) is 102 Å². The van der Waals surface area contributed by atoms with Crippen LogP contribution in [0.5, 0.6) is 0 Å². The number of aliphatic hydroxyl groups is 1. The highest BCUT2D eigenvalue weighted by molar-refractivity contribution is 5.95. The lowest BCUT2D eigenvalue weighted by atomic mass is 10.1. The van der Waals surface area contributed by atoms with Crippen molar-refractivity contribution < 1.29 is 14.8 Å². The highest BCUT2D eigenvalue weighted by Gasteiger charge is 2.28. The fraction of sp³-hybridized carbons (Fsp3) is 0.143. The monoisotopic (exact) mass is 300 g/mol. The zero-order chi connectivity index (χ0) is 15.9. The highest BCUT2D eigenvalue weighted by atomic mass is 16.6. The molecule has 1 aromatic carbocycles. The van der Waals surface area contributed by atoms with E-state index < -0.39 is 17.1 Å². The Morgan fingerprint density at radius 1 is 1.32 bits per heavy atom. The van der Waals surface area contributed by atoms with Crippen molar-refractivity contribution in [3.63, 3.8) is 0 Å². The second-order valence-corrected chi connectivity index (χ2v) is 4.79. The van der Waals surface area contributed by atoms with Crippen LogP contribution < -0.4 is 0 Å². The maximum Gasteiger partial charge on any atom is 0.269 e. The smallest absolute Gasteiger partial charge is 0.269 e. The summed E-state index contributed by atoms with van der Waals surface area (Å²) in [5.74, 6) is 0.247. The Kier molecular flexibility index (Phi) is 3.22. The standard InChI is InChI=1S/C14H12N4O4/c1-9-15-8-12-14(20)17(7-6-16(9)12)13(19)10-2-4-11(5-3-10)18(21)22/h2-8,14,20H,1H3. The van der Waals surface area contributed by atoms with E-state index in [-0.39, 0.29) is 11.3 Å². The van der Waals surface area contributed by atoms with Crippen molar-refractivity contribution in [2.75, 3.05) is 0 Å². The molecule has 0 bridgehead atoms. The summed E-state index contributed by atoms with van der Waals surface area (Å²) in [5.41, 5.74) is 0.634. The Morgan fingerprint density at radius 3 is 2.64 bits per heavy atom. The number of aliphatic hydroxyl groups excluding tert-OH is 1. The zero-order valence-electron chi connectivity index (χ0n) is 11.6. The van der Waals surface area contributed by atoms with Crippen LogP contribution in [0.4, 0.5) is 5.69 Å². The van der Waals surface area contributed by atoms with Crippen LogP contribution >= 0.6 is 0 Å². The number of amides is 1. The van der Waals surface area contributed by atoms with Crippen LogP contribution in [0, 0.1) is 17.0 Å². The number of carbonyl (C=O) groups excluding carboxylic acids is 1. The van der Waals surface area contributed by atoms with Gasteiger partial charge in [-0.15, -0.1) is 0 Å². The van der Waals surface area contributed by atoms with Gasteiger partial charge in [0.25, 0.3) is 11.6 Å². The van der Waals surface area contributed by atoms with Crippen molar-refractivity contribution in [1.82, 2.24) is 14.5 Å². The Hall–Kier alpha value is -3.00. The molecule has 0 aliphatic carbocycles. The third-order valence-corrected chi connectivity index (χ3v) is 3.47. The molecule has 0 saturated heterocycles. The van der Waals surface area contributed by atoms with E-state index in [2.05, 4.69) is 4.98 Å². The van der Waals surface area contributed by atoms with Gasteiger partial charge < -0.3 is 9.67 Å². The summed E-state index contributed by atoms with van der Waals surface area (Å²) in [6.07, 6.45) is 3.43. The molecule has 1 N–H and O–H groups in total. The molecule has 8 heteroatoms. The van der Waals surface area contributed by atoms with Crippen LogP contribution in [0.3, 0.4) is 0 Å². The van der Waals surface area contributed by atoms with E-state index >= 15 is 0 Å². The number of imidazole rings is 1. The molecule has 0 spiro atoms. The Balaban J connectivity index is 1.88. The summed E-state index contributed by atoms with van der Waals surface area (Å²) in [4.78, 5) is 27.7. The quantitative estimate of drug-likeness (QED) is 0.671. The van der Waals surface area contributed by atoms with Crippen LogP contribution in [-0.4, -0.2) is 30.4 Å². The van der Waals surface area contributed by atoms with E-state index in [0.29, 0.717) is 11.5 Å². The third kappa shape index (κ3) is 2.15. The van der Waals surface area contributed by atoms with Gasteiger partial charge in [-0.05, 0) is 19.1 Å². The lowest BCUT2D eigenvalue weighted by Crippen LogP contribution is -2.33. The highest BCUT2D eigenvalue weighted by Crippen LogP contribution is 2.26. The minimum absolute atomic E-state index is 0.0972. The number of aromatic nitrogens is 2. The van der Waals surface area contributed by atoms with Crippen molar-refractivity contribution in [2.24, 2.45) is 0 Å². The number of rotatable bonds is 2. The number of hydrogen-bond donors (Lipinski definition) is 1. The predicted molar refractivity (Wildman–Crippen MR) is 76.5 cm³/mol. The van der Waals surface area contributed by atoms with Gasteiger partial charge in [-0.1, -0.05) is 0 Å². The number of benzene rings is 1. The molecule has 0 radical (unpaired) electrons. The lowest BCUT2D eigenvalue weighted by molar-refractivity contribution is -0.384. The van der Waals surface area contributed by atoms with E-state index in [1.165, 1.54) is 36.7 Å². The van der Waals surface area contributed by atoms with Crippen LogP contribution in [0.2, 0.25) is 0 Å². The van der Waals surface area contributed by atoms with Gasteiger partial charge in [-0.3, -0.25) is 19.8 Å². The summed E-state index contributed by atoms with van der Waals surface area (Å²) >= 11 is 0. The van der Waals surface area contributed by atoms with Gasteiger partial charge in [-0.2, -0.15) is 0 Å². The third-order valence-electron chi connectivity index (χ3n) is 3.47. The summed E-state index contributed by atoms with van der Waals surface area (Å²) in [7, 11) is 0. The first kappa shape index (κ1) is 14.0. The largest absolute Gasteiger partial charge is 0.368 e. The molecule has 2 aromatic rings. The normalized spacial score (nSPS) is 16.5. The van der Waals surface area contributed by atoms with Crippen LogP contribution in [0.1, 0.15) is 28.1 Å². The fourth-order valence-corrected chi connectivity index (χ4v) is 2.27. The van der Waals surface area contributed by atoms with Gasteiger partial charge in [-0.25, -0.2) is 4.98 Å². The van der Waals surface area contributed by atoms with Gasteiger partial charge in [0.2, 0.25) is 0 Å². The molecule has 1 amide bonds. The van der Waals surface area contributed by atoms with Crippen molar-refractivity contribution in [3.8, 4) is 0 Å². The molecule has 1 aliphatic rings. The molecule has 2 heterocycles. The molecular weight excluding hydrogens is 288 g/mol. The molecule has 8 nitrogen and oxygen atoms in total. The number of nitrogens with zero attached hydrogens (tertiary/aromatic N) is 4. The molecule has 112 valence electrons. The molecular formula is C14H12N4O4. The average molecular weight is 300 g/mol. The number of fused-ring (bicyclic) bond motifs is 1. The summed E-state index contributed by atoms with van der Waals surface area (Å²) in [6, 6.07) is 5.22. The molecule has 1 unspecified atom stereocenters. The summed E-state index contributed by atoms with van der Waals surface area (Å²) in [5, 5.41) is 20.9. The van der Waals surface area contributed by atoms with E-state index in [0.717, 1.165) is 4.90 Å². The van der Waals surface area contributed by atoms with Gasteiger partial charge in [0.1, 0.15) is 5.82 Å². The average Bonchev–Trinajstić information content (AvgIpc) is 2.89. The number of nitro benzene ring substituents is 1. The lowest BCUT2D eigenvalue weighted by Gasteiger charge is -2.28. The van der Waals surface area contributed by atoms with Crippen LogP contribution in [0.15, 0.2) is 36.7 Å². The fourth-order valence-electron chi connectivity index (χ4n) is 2.27. The molecule has 3 rings (SSSR count). The number of carbonyl (C=O) groups is 1. The molecule has 1 atom stereocenters. The molecule has 22 heavy (non-hydrogen) atoms. The minimum atomic E-state index is -1.16. The Morgan fingerprint density at radius 2 is 2.00 bits per heavy atom. The van der Waals surface area contributed by atoms with E-state index in [1.807, 2.05) is 0 Å². The molecule has 0 fully saturated rings. The number of nitro groups is 1. The van der Waals surface area contributed by atoms with Gasteiger partial charge in [0.15, 0.2) is 6.23 Å². The summed E-state index contributed by atoms with van der Waals surface area (Å²) in [6.45, 7) is 1.79. The number of aryl methyl sites for hydroxylation is 1. The predicted octanol–water partition coefficient (Wildman–Crippen LogP) is 1.67. The van der Waals surface area contributed by atoms with Crippen LogP contribution in [-0.2, 0) is 0 Å². The van der Waals surface area contributed by atoms with Crippen molar-refractivity contribution in [3.05, 3.63) is 63.9 Å². The maximum atomic E-state index is 12.4. The molecule has 1 aromatic heterocycles. The first-order chi connectivity index (χ1) is 10.5. The van der Waals surface area contributed by atoms with Crippen molar-refractivity contribution >= 4 is 17.8 Å². The van der Waals surface area contributed by atoms with Gasteiger partial charge in [0.05, 0.1) is 16.8 Å². The Bertz CT molecular complexity index is 779. The van der Waals surface area contributed by atoms with E-state index in [4.69, 9.17) is 0 Å². The Labute approximate surface area is 125 Å². The van der Waals surface area contributed by atoms with Crippen molar-refractivity contribution in [1.29, 1.82) is 0 Å². The second kappa shape index (κ2) is 5.08. The molecule has 0 saturated carbocycles. The first-order valence-electron chi connectivity index (χ1n) is 6.46. The first-order valence-corrected chi connectivity index (χ1v) is 6.46. The van der Waals surface area contributed by atoms with E-state index in [9.17, 15) is 20.0 Å². The van der Waals surface area contributed by atoms with Gasteiger partial charge in [0, 0.05) is 30.1 Å². The minimum Gasteiger partial charge on any atom is -0.368 e. The van der Waals surface area contributed by atoms with Crippen LogP contribution in [0.25, 0.3) is 6.20 Å². The number of non-ortho nitro benzene ring substituents is 1. The van der Waals surface area contributed by atoms with Crippen molar-refractivity contribution in [2.45, 2.75) is 13.2 Å². The summed E-state index contributed by atoms with van der Waals surface area (Å²) < 4.78 is 1.68. The zero-order valence-corrected chi connectivity index (χ0v) is 11.6. The maximum absolute atomic E-state index is 12.4. The molecule has 1 aliphatic heterocycles.